The van der Waals surface area contributed by atoms with Gasteiger partial charge in [-0.2, -0.15) is 0 Å². The number of thiophene rings is 1. The maximum Gasteiger partial charge on any atom is 0.272 e. The quantitative estimate of drug-likeness (QED) is 0.676. The van der Waals surface area contributed by atoms with Crippen molar-refractivity contribution in [3.63, 3.8) is 0 Å². The van der Waals surface area contributed by atoms with Crippen molar-refractivity contribution in [2.45, 2.75) is 16.4 Å². The second kappa shape index (κ2) is 3.37. The van der Waals surface area contributed by atoms with Crippen molar-refractivity contribution in [3.05, 3.63) is 21.8 Å². The van der Waals surface area contributed by atoms with Gasteiger partial charge >= 0.3 is 0 Å². The average Bonchev–Trinajstić information content (AvgIpc) is 2.90. The molecule has 1 saturated heterocycles. The van der Waals surface area contributed by atoms with Crippen molar-refractivity contribution in [2.24, 2.45) is 0 Å². The lowest BCUT2D eigenvalue weighted by Crippen LogP contribution is -2.26. The lowest BCUT2D eigenvalue weighted by atomic mass is 10.2. The zero-order valence-corrected chi connectivity index (χ0v) is 11.5. The normalized spacial score (nSPS) is 28.4. The summed E-state index contributed by atoms with van der Waals surface area (Å²) >= 11 is 2.78. The lowest BCUT2D eigenvalue weighted by Gasteiger charge is -2.09. The number of rotatable bonds is 0. The first-order valence-corrected chi connectivity index (χ1v) is 9.00. The van der Waals surface area contributed by atoms with Crippen molar-refractivity contribution < 1.29 is 8.42 Å². The number of thioether (sulfide) groups is 1. The van der Waals surface area contributed by atoms with E-state index in [0.717, 1.165) is 0 Å². The number of aromatic nitrogens is 2. The van der Waals surface area contributed by atoms with Crippen LogP contribution in [0.5, 0.6) is 0 Å². The summed E-state index contributed by atoms with van der Waals surface area (Å²) in [4.78, 5) is 16.8. The molecular weight excluding hydrogens is 292 g/mol. The number of nitrogens with zero attached hydrogens (tertiary/aromatic N) is 2. The first-order valence-electron chi connectivity index (χ1n) is 5.42. The van der Waals surface area contributed by atoms with Gasteiger partial charge < -0.3 is 0 Å². The molecule has 0 bridgehead atoms. The Labute approximate surface area is 111 Å². The van der Waals surface area contributed by atoms with Crippen LogP contribution in [-0.4, -0.2) is 34.7 Å². The van der Waals surface area contributed by atoms with Gasteiger partial charge in [0.2, 0.25) is 0 Å². The molecule has 2 aliphatic heterocycles. The van der Waals surface area contributed by atoms with Gasteiger partial charge in [-0.15, -0.1) is 11.3 Å². The minimum Gasteiger partial charge on any atom is -0.281 e. The van der Waals surface area contributed by atoms with E-state index in [1.54, 1.807) is 4.57 Å². The zero-order valence-electron chi connectivity index (χ0n) is 9.07. The molecule has 0 aromatic carbocycles. The van der Waals surface area contributed by atoms with Crippen molar-refractivity contribution >= 4 is 43.2 Å². The summed E-state index contributed by atoms with van der Waals surface area (Å²) in [6.45, 7) is 0. The van der Waals surface area contributed by atoms with Crippen LogP contribution in [0.3, 0.4) is 0 Å². The Morgan fingerprint density at radius 1 is 1.39 bits per heavy atom. The smallest absolute Gasteiger partial charge is 0.272 e. The lowest BCUT2D eigenvalue weighted by molar-refractivity contribution is 0.525. The fourth-order valence-electron chi connectivity index (χ4n) is 2.57. The van der Waals surface area contributed by atoms with Crippen LogP contribution in [0.1, 0.15) is 6.04 Å². The topological polar surface area (TPSA) is 69.0 Å². The summed E-state index contributed by atoms with van der Waals surface area (Å²) in [5.41, 5.74) is 0.619. The average molecular weight is 300 g/mol. The Morgan fingerprint density at radius 2 is 2.22 bits per heavy atom. The molecule has 94 valence electrons. The molecule has 2 aliphatic rings. The first kappa shape index (κ1) is 11.0. The Hall–Kier alpha value is -0.860. The predicted molar refractivity (Wildman–Crippen MR) is 71.2 cm³/mol. The summed E-state index contributed by atoms with van der Waals surface area (Å²) in [5, 5.41) is 2.45. The summed E-state index contributed by atoms with van der Waals surface area (Å²) in [5.74, 6) is 0.217. The van der Waals surface area contributed by atoms with Crippen molar-refractivity contribution in [2.75, 3.05) is 11.5 Å². The Kier molecular flexibility index (Phi) is 2.06. The minimum absolute atomic E-state index is 0.0493. The molecule has 2 atom stereocenters. The van der Waals surface area contributed by atoms with E-state index in [2.05, 4.69) is 4.98 Å². The van der Waals surface area contributed by atoms with Crippen molar-refractivity contribution in [1.29, 1.82) is 0 Å². The van der Waals surface area contributed by atoms with E-state index < -0.39 is 9.84 Å². The molecule has 2 unspecified atom stereocenters. The molecule has 0 radical (unpaired) electrons. The largest absolute Gasteiger partial charge is 0.281 e. The maximum absolute atomic E-state index is 12.4. The van der Waals surface area contributed by atoms with Crippen LogP contribution in [0.4, 0.5) is 0 Å². The third-order valence-electron chi connectivity index (χ3n) is 3.34. The summed E-state index contributed by atoms with van der Waals surface area (Å²) in [7, 11) is -3.01. The highest BCUT2D eigenvalue weighted by atomic mass is 32.2. The van der Waals surface area contributed by atoms with Crippen molar-refractivity contribution in [1.82, 2.24) is 9.55 Å². The number of hydrogen-bond donors (Lipinski definition) is 0. The molecule has 2 aromatic heterocycles. The molecule has 1 fully saturated rings. The first-order chi connectivity index (χ1) is 8.55. The van der Waals surface area contributed by atoms with Crippen LogP contribution in [0, 0.1) is 0 Å². The standard InChI is InChI=1S/C10H8N2O3S3/c13-9-8-5(1-2-16-8)11-10-12(9)6-3-18(14,15)4-7(6)17-10/h1-2,6-7H,3-4H2. The predicted octanol–water partition coefficient (Wildman–Crippen LogP) is 0.902. The van der Waals surface area contributed by atoms with Gasteiger partial charge in [0.15, 0.2) is 15.0 Å². The third-order valence-corrected chi connectivity index (χ3v) is 7.44. The monoisotopic (exact) mass is 300 g/mol. The van der Waals surface area contributed by atoms with Gasteiger partial charge in [-0.1, -0.05) is 11.8 Å². The van der Waals surface area contributed by atoms with Crippen LogP contribution < -0.4 is 5.56 Å². The van der Waals surface area contributed by atoms with Gasteiger partial charge in [-0.25, -0.2) is 13.4 Å². The molecule has 2 aromatic rings. The van der Waals surface area contributed by atoms with E-state index in [4.69, 9.17) is 0 Å². The molecule has 4 rings (SSSR count). The fraction of sp³-hybridized carbons (Fsp3) is 0.400. The molecule has 4 heterocycles. The number of sulfone groups is 1. The molecule has 0 N–H and O–H groups in total. The Balaban J connectivity index is 2.00. The number of hydrogen-bond acceptors (Lipinski definition) is 6. The van der Waals surface area contributed by atoms with Gasteiger partial charge in [0.1, 0.15) is 4.70 Å². The van der Waals surface area contributed by atoms with Gasteiger partial charge in [-0.3, -0.25) is 9.36 Å². The van der Waals surface area contributed by atoms with E-state index in [1.807, 2.05) is 11.4 Å². The molecule has 5 nitrogen and oxygen atoms in total. The highest BCUT2D eigenvalue weighted by Crippen LogP contribution is 2.43. The highest BCUT2D eigenvalue weighted by Gasteiger charge is 2.46. The van der Waals surface area contributed by atoms with Gasteiger partial charge in [0.05, 0.1) is 23.1 Å². The highest BCUT2D eigenvalue weighted by molar-refractivity contribution is 8.02. The number of fused-ring (bicyclic) bond motifs is 4. The van der Waals surface area contributed by atoms with Crippen LogP contribution >= 0.6 is 23.1 Å². The van der Waals surface area contributed by atoms with E-state index in [-0.39, 0.29) is 28.4 Å². The van der Waals surface area contributed by atoms with E-state index >= 15 is 0 Å². The molecule has 0 aliphatic carbocycles. The Morgan fingerprint density at radius 3 is 3.06 bits per heavy atom. The third kappa shape index (κ3) is 1.36. The van der Waals surface area contributed by atoms with Crippen LogP contribution in [0.2, 0.25) is 0 Å². The molecule has 0 saturated carbocycles. The zero-order chi connectivity index (χ0) is 12.5. The fourth-order valence-corrected chi connectivity index (χ4v) is 7.24. The van der Waals surface area contributed by atoms with Gasteiger partial charge in [0.25, 0.3) is 5.56 Å². The molecule has 18 heavy (non-hydrogen) atoms. The SMILES string of the molecule is O=c1c2sccc2nc2n1C1CS(=O)(=O)CC1S2. The van der Waals surface area contributed by atoms with E-state index in [9.17, 15) is 13.2 Å². The second-order valence-corrected chi connectivity index (χ2v) is 8.78. The van der Waals surface area contributed by atoms with E-state index in [0.29, 0.717) is 15.4 Å². The minimum atomic E-state index is -3.01. The van der Waals surface area contributed by atoms with Gasteiger partial charge in [0, 0.05) is 5.25 Å². The molecule has 0 spiro atoms. The van der Waals surface area contributed by atoms with Crippen LogP contribution in [0.25, 0.3) is 10.2 Å². The van der Waals surface area contributed by atoms with E-state index in [1.165, 1.54) is 23.1 Å². The molecular formula is C10H8N2O3S3. The Bertz CT molecular complexity index is 820. The van der Waals surface area contributed by atoms with Crippen LogP contribution in [-0.2, 0) is 9.84 Å². The summed E-state index contributed by atoms with van der Waals surface area (Å²) in [6.07, 6.45) is 0. The van der Waals surface area contributed by atoms with Gasteiger partial charge in [-0.05, 0) is 11.4 Å². The van der Waals surface area contributed by atoms with Crippen molar-refractivity contribution in [3.8, 4) is 0 Å². The second-order valence-electron chi connectivity index (χ2n) is 4.51. The van der Waals surface area contributed by atoms with Crippen LogP contribution in [0.15, 0.2) is 21.4 Å². The summed E-state index contributed by atoms with van der Waals surface area (Å²) in [6, 6.07) is 1.59. The molecule has 0 amide bonds. The molecule has 8 heteroatoms. The summed E-state index contributed by atoms with van der Waals surface area (Å²) < 4.78 is 25.5. The maximum atomic E-state index is 12.4.